The quantitative estimate of drug-likeness (QED) is 0.856. The molecule has 0 saturated heterocycles. The minimum atomic E-state index is -1.04. The van der Waals surface area contributed by atoms with E-state index < -0.39 is 5.97 Å². The maximum Gasteiger partial charge on any atom is 0.335 e. The van der Waals surface area contributed by atoms with Gasteiger partial charge in [-0.25, -0.2) is 4.79 Å². The number of rotatable bonds is 5. The van der Waals surface area contributed by atoms with Crippen molar-refractivity contribution < 1.29 is 14.7 Å². The van der Waals surface area contributed by atoms with Crippen molar-refractivity contribution in [3.05, 3.63) is 63.6 Å². The van der Waals surface area contributed by atoms with Gasteiger partial charge in [0.15, 0.2) is 0 Å². The summed E-state index contributed by atoms with van der Waals surface area (Å²) in [6.45, 7) is 0. The lowest BCUT2D eigenvalue weighted by molar-refractivity contribution is -0.116. The van der Waals surface area contributed by atoms with Gasteiger partial charge in [0.1, 0.15) is 0 Å². The van der Waals surface area contributed by atoms with E-state index >= 15 is 0 Å². The summed E-state index contributed by atoms with van der Waals surface area (Å²) in [6, 6.07) is 11.2. The zero-order chi connectivity index (χ0) is 16.1. The van der Waals surface area contributed by atoms with Crippen molar-refractivity contribution in [2.45, 2.75) is 12.8 Å². The molecule has 0 aromatic heterocycles. The normalized spacial score (nSPS) is 10.3. The number of carbonyl (C=O) groups is 2. The van der Waals surface area contributed by atoms with E-state index in [0.717, 1.165) is 5.56 Å². The lowest BCUT2D eigenvalue weighted by Crippen LogP contribution is -2.13. The summed E-state index contributed by atoms with van der Waals surface area (Å²) in [5, 5.41) is 12.6. The highest BCUT2D eigenvalue weighted by molar-refractivity contribution is 6.35. The average Bonchev–Trinajstić information content (AvgIpc) is 2.46. The van der Waals surface area contributed by atoms with E-state index in [1.54, 1.807) is 30.3 Å². The summed E-state index contributed by atoms with van der Waals surface area (Å²) in [5.41, 5.74) is 1.41. The fourth-order valence-electron chi connectivity index (χ4n) is 1.93. The molecule has 0 unspecified atom stereocenters. The Morgan fingerprint density at radius 1 is 1.09 bits per heavy atom. The van der Waals surface area contributed by atoms with Gasteiger partial charge in [-0.05, 0) is 42.3 Å². The second kappa shape index (κ2) is 7.29. The molecule has 6 heteroatoms. The Hall–Kier alpha value is -2.04. The van der Waals surface area contributed by atoms with E-state index in [2.05, 4.69) is 5.32 Å². The monoisotopic (exact) mass is 337 g/mol. The number of hydrogen-bond donors (Lipinski definition) is 2. The van der Waals surface area contributed by atoms with Crippen LogP contribution in [0.4, 0.5) is 5.69 Å². The summed E-state index contributed by atoms with van der Waals surface area (Å²) in [5.74, 6) is -1.25. The van der Waals surface area contributed by atoms with Gasteiger partial charge in [-0.3, -0.25) is 4.79 Å². The van der Waals surface area contributed by atoms with Gasteiger partial charge in [0.2, 0.25) is 5.91 Å². The molecule has 2 aromatic rings. The second-order valence-electron chi connectivity index (χ2n) is 4.67. The van der Waals surface area contributed by atoms with Gasteiger partial charge in [0, 0.05) is 22.2 Å². The third kappa shape index (κ3) is 4.48. The Kier molecular flexibility index (Phi) is 5.41. The van der Waals surface area contributed by atoms with E-state index in [1.807, 2.05) is 0 Å². The molecule has 0 aliphatic heterocycles. The summed E-state index contributed by atoms with van der Waals surface area (Å²) in [4.78, 5) is 22.8. The minimum absolute atomic E-state index is 0.124. The highest BCUT2D eigenvalue weighted by Gasteiger charge is 2.08. The topological polar surface area (TPSA) is 66.4 Å². The second-order valence-corrected chi connectivity index (χ2v) is 5.51. The first-order chi connectivity index (χ1) is 10.5. The number of anilines is 1. The Morgan fingerprint density at radius 2 is 1.86 bits per heavy atom. The average molecular weight is 338 g/mol. The SMILES string of the molecule is O=C(CCc1ccc(Cl)cc1Cl)Nc1cccc(C(=O)O)c1. The molecule has 1 amide bonds. The van der Waals surface area contributed by atoms with Gasteiger partial charge in [0.05, 0.1) is 5.56 Å². The highest BCUT2D eigenvalue weighted by Crippen LogP contribution is 2.22. The largest absolute Gasteiger partial charge is 0.478 e. The molecule has 0 atom stereocenters. The number of aryl methyl sites for hydroxylation is 1. The molecule has 0 saturated carbocycles. The van der Waals surface area contributed by atoms with Crippen LogP contribution in [0, 0.1) is 0 Å². The third-order valence-electron chi connectivity index (χ3n) is 3.03. The number of benzene rings is 2. The van der Waals surface area contributed by atoms with Gasteiger partial charge in [-0.2, -0.15) is 0 Å². The number of carboxylic acid groups (broad SMARTS) is 1. The Balaban J connectivity index is 1.95. The molecule has 0 spiro atoms. The fourth-order valence-corrected chi connectivity index (χ4v) is 2.43. The minimum Gasteiger partial charge on any atom is -0.478 e. The van der Waals surface area contributed by atoms with Crippen LogP contribution < -0.4 is 5.32 Å². The zero-order valence-electron chi connectivity index (χ0n) is 11.5. The lowest BCUT2D eigenvalue weighted by Gasteiger charge is -2.07. The maximum atomic E-state index is 11.9. The molecule has 0 aliphatic rings. The van der Waals surface area contributed by atoms with E-state index in [0.29, 0.717) is 22.2 Å². The molecular formula is C16H13Cl2NO3. The van der Waals surface area contributed by atoms with E-state index in [9.17, 15) is 9.59 Å². The number of carbonyl (C=O) groups excluding carboxylic acids is 1. The number of aromatic carboxylic acids is 1. The lowest BCUT2D eigenvalue weighted by atomic mass is 10.1. The summed E-state index contributed by atoms with van der Waals surface area (Å²) in [7, 11) is 0. The molecule has 0 fully saturated rings. The van der Waals surface area contributed by atoms with Gasteiger partial charge >= 0.3 is 5.97 Å². The van der Waals surface area contributed by atoms with Gasteiger partial charge in [-0.1, -0.05) is 35.3 Å². The molecule has 0 aliphatic carbocycles. The van der Waals surface area contributed by atoms with Gasteiger partial charge < -0.3 is 10.4 Å². The molecule has 0 radical (unpaired) electrons. The Bertz CT molecular complexity index is 716. The summed E-state index contributed by atoms with van der Waals surface area (Å²) in [6.07, 6.45) is 0.707. The van der Waals surface area contributed by atoms with Crippen molar-refractivity contribution in [1.82, 2.24) is 0 Å². The van der Waals surface area contributed by atoms with Crippen LogP contribution in [-0.4, -0.2) is 17.0 Å². The van der Waals surface area contributed by atoms with Crippen LogP contribution in [0.2, 0.25) is 10.0 Å². The number of hydrogen-bond acceptors (Lipinski definition) is 2. The Labute approximate surface area is 137 Å². The van der Waals surface area contributed by atoms with E-state index in [-0.39, 0.29) is 17.9 Å². The number of amides is 1. The molecular weight excluding hydrogens is 325 g/mol. The molecule has 114 valence electrons. The first kappa shape index (κ1) is 16.3. The fraction of sp³-hybridized carbons (Fsp3) is 0.125. The van der Waals surface area contributed by atoms with Crippen LogP contribution in [0.5, 0.6) is 0 Å². The zero-order valence-corrected chi connectivity index (χ0v) is 13.0. The van der Waals surface area contributed by atoms with Crippen LogP contribution in [0.3, 0.4) is 0 Å². The molecule has 2 N–H and O–H groups in total. The predicted molar refractivity (Wildman–Crippen MR) is 86.8 cm³/mol. The van der Waals surface area contributed by atoms with Crippen LogP contribution in [0.25, 0.3) is 0 Å². The van der Waals surface area contributed by atoms with Crippen LogP contribution in [0.1, 0.15) is 22.3 Å². The Morgan fingerprint density at radius 3 is 2.55 bits per heavy atom. The number of halogens is 2. The first-order valence-corrected chi connectivity index (χ1v) is 7.28. The summed E-state index contributed by atoms with van der Waals surface area (Å²) >= 11 is 11.9. The van der Waals surface area contributed by atoms with Crippen LogP contribution >= 0.6 is 23.2 Å². The van der Waals surface area contributed by atoms with Crippen molar-refractivity contribution >= 4 is 40.8 Å². The number of carboxylic acids is 1. The highest BCUT2D eigenvalue weighted by atomic mass is 35.5. The molecule has 2 rings (SSSR count). The smallest absolute Gasteiger partial charge is 0.335 e. The van der Waals surface area contributed by atoms with Crippen LogP contribution in [0.15, 0.2) is 42.5 Å². The molecule has 22 heavy (non-hydrogen) atoms. The van der Waals surface area contributed by atoms with Gasteiger partial charge in [-0.15, -0.1) is 0 Å². The molecule has 2 aromatic carbocycles. The third-order valence-corrected chi connectivity index (χ3v) is 3.62. The molecule has 4 nitrogen and oxygen atoms in total. The van der Waals surface area contributed by atoms with Crippen molar-refractivity contribution in [1.29, 1.82) is 0 Å². The van der Waals surface area contributed by atoms with Crippen molar-refractivity contribution in [3.63, 3.8) is 0 Å². The number of nitrogens with one attached hydrogen (secondary N) is 1. The van der Waals surface area contributed by atoms with Crippen LogP contribution in [-0.2, 0) is 11.2 Å². The molecule has 0 heterocycles. The maximum absolute atomic E-state index is 11.9. The predicted octanol–water partition coefficient (Wildman–Crippen LogP) is 4.26. The van der Waals surface area contributed by atoms with Crippen molar-refractivity contribution in [2.24, 2.45) is 0 Å². The van der Waals surface area contributed by atoms with Crippen molar-refractivity contribution in [3.8, 4) is 0 Å². The van der Waals surface area contributed by atoms with Gasteiger partial charge in [0.25, 0.3) is 0 Å². The standard InChI is InChI=1S/C16H13Cl2NO3/c17-12-6-4-10(14(18)9-12)5-7-15(20)19-13-3-1-2-11(8-13)16(21)22/h1-4,6,8-9H,5,7H2,(H,19,20)(H,21,22). The first-order valence-electron chi connectivity index (χ1n) is 6.53. The summed E-state index contributed by atoms with van der Waals surface area (Å²) < 4.78 is 0. The molecule has 0 bridgehead atoms. The van der Waals surface area contributed by atoms with Crippen molar-refractivity contribution in [2.75, 3.05) is 5.32 Å². The van der Waals surface area contributed by atoms with E-state index in [4.69, 9.17) is 28.3 Å². The van der Waals surface area contributed by atoms with E-state index in [1.165, 1.54) is 12.1 Å².